The third-order valence-corrected chi connectivity index (χ3v) is 5.08. The summed E-state index contributed by atoms with van der Waals surface area (Å²) in [7, 11) is 0. The third-order valence-electron chi connectivity index (χ3n) is 4.14. The molecule has 0 fully saturated rings. The number of fused-ring (bicyclic) bond motifs is 1. The topological polar surface area (TPSA) is 37.8 Å². The lowest BCUT2D eigenvalue weighted by Gasteiger charge is -2.09. The van der Waals surface area contributed by atoms with Crippen LogP contribution in [0.4, 0.5) is 10.2 Å². The first kappa shape index (κ1) is 16.7. The quantitative estimate of drug-likeness (QED) is 0.520. The first-order valence-corrected chi connectivity index (χ1v) is 9.28. The van der Waals surface area contributed by atoms with Crippen LogP contribution < -0.4 is 5.32 Å². The summed E-state index contributed by atoms with van der Waals surface area (Å²) in [6.45, 7) is 2.67. The maximum Gasteiger partial charge on any atom is 0.138 e. The number of rotatable bonds is 5. The third kappa shape index (κ3) is 3.73. The van der Waals surface area contributed by atoms with Gasteiger partial charge in [-0.3, -0.25) is 0 Å². The lowest BCUT2D eigenvalue weighted by Crippen LogP contribution is -2.05. The van der Waals surface area contributed by atoms with E-state index in [9.17, 15) is 4.39 Å². The molecule has 1 N–H and O–H groups in total. The van der Waals surface area contributed by atoms with Crippen LogP contribution in [-0.2, 0) is 13.0 Å². The maximum absolute atomic E-state index is 13.1. The number of hydrogen-bond donors (Lipinski definition) is 1. The highest BCUT2D eigenvalue weighted by Crippen LogP contribution is 2.29. The van der Waals surface area contributed by atoms with Gasteiger partial charge in [0.15, 0.2) is 0 Å². The van der Waals surface area contributed by atoms with Crippen LogP contribution in [0.15, 0.2) is 60.7 Å². The van der Waals surface area contributed by atoms with Crippen LogP contribution in [0, 0.1) is 12.7 Å². The number of thiophene rings is 1. The molecular formula is C21H18FN3S. The Kier molecular flexibility index (Phi) is 4.63. The van der Waals surface area contributed by atoms with Gasteiger partial charge in [-0.15, -0.1) is 11.3 Å². The summed E-state index contributed by atoms with van der Waals surface area (Å²) in [5, 5.41) is 4.43. The molecule has 2 aromatic heterocycles. The van der Waals surface area contributed by atoms with E-state index in [0.29, 0.717) is 13.0 Å². The highest BCUT2D eigenvalue weighted by atomic mass is 32.1. The monoisotopic (exact) mass is 363 g/mol. The van der Waals surface area contributed by atoms with E-state index < -0.39 is 0 Å². The van der Waals surface area contributed by atoms with Crippen molar-refractivity contribution in [3.8, 4) is 0 Å². The number of hydrogen-bond acceptors (Lipinski definition) is 4. The molecule has 0 saturated carbocycles. The van der Waals surface area contributed by atoms with Gasteiger partial charge < -0.3 is 5.32 Å². The number of anilines is 1. The molecule has 4 rings (SSSR count). The predicted octanol–water partition coefficient (Wildman–Crippen LogP) is 5.34. The lowest BCUT2D eigenvalue weighted by atomic mass is 10.1. The minimum atomic E-state index is -0.225. The van der Waals surface area contributed by atoms with Gasteiger partial charge in [0.2, 0.25) is 0 Å². The Bertz CT molecular complexity index is 1030. The number of aryl methyl sites for hydroxylation is 1. The van der Waals surface area contributed by atoms with Crippen LogP contribution in [0.1, 0.15) is 21.8 Å². The van der Waals surface area contributed by atoms with Crippen molar-refractivity contribution in [1.29, 1.82) is 0 Å². The van der Waals surface area contributed by atoms with Gasteiger partial charge >= 0.3 is 0 Å². The highest BCUT2D eigenvalue weighted by Gasteiger charge is 2.11. The Balaban J connectivity index is 1.64. The van der Waals surface area contributed by atoms with E-state index in [0.717, 1.165) is 27.4 Å². The fourth-order valence-electron chi connectivity index (χ4n) is 2.87. The van der Waals surface area contributed by atoms with Crippen molar-refractivity contribution >= 4 is 27.4 Å². The summed E-state index contributed by atoms with van der Waals surface area (Å²) in [5.74, 6) is 1.40. The van der Waals surface area contributed by atoms with Crippen molar-refractivity contribution in [2.75, 3.05) is 5.32 Å². The number of aromatic nitrogens is 2. The Hall–Kier alpha value is -2.79. The average Bonchev–Trinajstić information content (AvgIpc) is 3.02. The molecule has 0 spiro atoms. The highest BCUT2D eigenvalue weighted by molar-refractivity contribution is 7.18. The van der Waals surface area contributed by atoms with Crippen LogP contribution in [0.5, 0.6) is 0 Å². The first-order chi connectivity index (χ1) is 12.7. The van der Waals surface area contributed by atoms with Crippen molar-refractivity contribution in [3.05, 3.63) is 88.3 Å². The number of halogens is 1. The maximum atomic E-state index is 13.1. The van der Waals surface area contributed by atoms with Gasteiger partial charge in [0.1, 0.15) is 22.3 Å². The fourth-order valence-corrected chi connectivity index (χ4v) is 3.76. The molecule has 0 aliphatic rings. The summed E-state index contributed by atoms with van der Waals surface area (Å²) < 4.78 is 13.1. The van der Waals surface area contributed by atoms with E-state index >= 15 is 0 Å². The largest absolute Gasteiger partial charge is 0.365 e. The summed E-state index contributed by atoms with van der Waals surface area (Å²) in [5.41, 5.74) is 2.19. The van der Waals surface area contributed by atoms with Crippen LogP contribution in [0.2, 0.25) is 0 Å². The molecule has 0 amide bonds. The molecule has 0 aliphatic heterocycles. The Morgan fingerprint density at radius 1 is 0.962 bits per heavy atom. The molecule has 0 aliphatic carbocycles. The van der Waals surface area contributed by atoms with Gasteiger partial charge in [-0.1, -0.05) is 42.5 Å². The molecule has 0 radical (unpaired) electrons. The fraction of sp³-hybridized carbons (Fsp3) is 0.143. The molecule has 2 heterocycles. The van der Waals surface area contributed by atoms with Gasteiger partial charge in [-0.25, -0.2) is 14.4 Å². The van der Waals surface area contributed by atoms with Gasteiger partial charge in [0.25, 0.3) is 0 Å². The van der Waals surface area contributed by atoms with Crippen LogP contribution in [0.25, 0.3) is 10.2 Å². The molecule has 0 bridgehead atoms. The zero-order valence-corrected chi connectivity index (χ0v) is 15.2. The SMILES string of the molecule is Cc1cc2c(NCc3ccc(F)cc3)nc(Cc3ccccc3)nc2s1. The summed E-state index contributed by atoms with van der Waals surface area (Å²) in [6, 6.07) is 18.8. The van der Waals surface area contributed by atoms with Crippen LogP contribution in [-0.4, -0.2) is 9.97 Å². The van der Waals surface area contributed by atoms with E-state index in [1.165, 1.54) is 22.6 Å². The lowest BCUT2D eigenvalue weighted by molar-refractivity contribution is 0.627. The second kappa shape index (κ2) is 7.22. The van der Waals surface area contributed by atoms with Crippen molar-refractivity contribution in [2.24, 2.45) is 0 Å². The van der Waals surface area contributed by atoms with Gasteiger partial charge in [-0.2, -0.15) is 0 Å². The summed E-state index contributed by atoms with van der Waals surface area (Å²) >= 11 is 1.67. The van der Waals surface area contributed by atoms with Crippen molar-refractivity contribution in [2.45, 2.75) is 19.9 Å². The molecule has 130 valence electrons. The Morgan fingerprint density at radius 3 is 2.50 bits per heavy atom. The van der Waals surface area contributed by atoms with Crippen molar-refractivity contribution < 1.29 is 4.39 Å². The van der Waals surface area contributed by atoms with Crippen LogP contribution >= 0.6 is 11.3 Å². The van der Waals surface area contributed by atoms with E-state index in [2.05, 4.69) is 30.4 Å². The zero-order valence-electron chi connectivity index (χ0n) is 14.4. The van der Waals surface area contributed by atoms with E-state index in [1.54, 1.807) is 23.5 Å². The van der Waals surface area contributed by atoms with Gasteiger partial charge in [0.05, 0.1) is 5.39 Å². The molecule has 5 heteroatoms. The van der Waals surface area contributed by atoms with E-state index in [1.807, 2.05) is 18.2 Å². The number of nitrogens with zero attached hydrogens (tertiary/aromatic N) is 2. The Morgan fingerprint density at radius 2 is 1.73 bits per heavy atom. The van der Waals surface area contributed by atoms with Crippen LogP contribution in [0.3, 0.4) is 0 Å². The average molecular weight is 363 g/mol. The predicted molar refractivity (Wildman–Crippen MR) is 105 cm³/mol. The molecule has 2 aromatic carbocycles. The molecule has 0 unspecified atom stereocenters. The minimum Gasteiger partial charge on any atom is -0.365 e. The van der Waals surface area contributed by atoms with Gasteiger partial charge in [-0.05, 0) is 36.2 Å². The summed E-state index contributed by atoms with van der Waals surface area (Å²) in [6.07, 6.45) is 0.693. The molecule has 26 heavy (non-hydrogen) atoms. The molecule has 0 saturated heterocycles. The first-order valence-electron chi connectivity index (χ1n) is 8.47. The number of nitrogens with one attached hydrogen (secondary N) is 1. The smallest absolute Gasteiger partial charge is 0.138 e. The second-order valence-corrected chi connectivity index (χ2v) is 7.44. The van der Waals surface area contributed by atoms with E-state index in [-0.39, 0.29) is 5.82 Å². The molecule has 3 nitrogen and oxygen atoms in total. The molecular weight excluding hydrogens is 345 g/mol. The second-order valence-electron chi connectivity index (χ2n) is 6.21. The van der Waals surface area contributed by atoms with Gasteiger partial charge in [0, 0.05) is 17.8 Å². The Labute approximate surface area is 155 Å². The zero-order chi connectivity index (χ0) is 17.9. The van der Waals surface area contributed by atoms with Crippen molar-refractivity contribution in [1.82, 2.24) is 9.97 Å². The number of benzene rings is 2. The minimum absolute atomic E-state index is 0.225. The summed E-state index contributed by atoms with van der Waals surface area (Å²) in [4.78, 5) is 11.7. The normalized spacial score (nSPS) is 11.0. The standard InChI is InChI=1S/C21H18FN3S/c1-14-11-18-20(23-13-16-7-9-17(22)10-8-16)24-19(25-21(18)26-14)12-15-5-3-2-4-6-15/h2-11H,12-13H2,1H3,(H,23,24,25). The van der Waals surface area contributed by atoms with E-state index in [4.69, 9.17) is 9.97 Å². The molecule has 0 atom stereocenters. The molecule has 4 aromatic rings. The van der Waals surface area contributed by atoms with Crippen molar-refractivity contribution in [3.63, 3.8) is 0 Å².